The first-order chi connectivity index (χ1) is 15.5. The zero-order chi connectivity index (χ0) is 23.3. The van der Waals surface area contributed by atoms with Crippen LogP contribution >= 0.6 is 0 Å². The number of ether oxygens (including phenoxy) is 3. The third-order valence-electron chi connectivity index (χ3n) is 6.17. The van der Waals surface area contributed by atoms with Gasteiger partial charge in [-0.2, -0.15) is 0 Å². The molecule has 2 atom stereocenters. The largest absolute Gasteiger partial charge is 0.498 e. The summed E-state index contributed by atoms with van der Waals surface area (Å²) in [7, 11) is 1.38. The third-order valence-corrected chi connectivity index (χ3v) is 6.17. The van der Waals surface area contributed by atoms with E-state index in [0.717, 1.165) is 25.0 Å². The summed E-state index contributed by atoms with van der Waals surface area (Å²) in [5.74, 6) is -0.841. The van der Waals surface area contributed by atoms with Crippen LogP contribution in [-0.2, 0) is 14.2 Å². The average molecular weight is 453 g/mol. The maximum Gasteiger partial charge on any atom is 0.196 e. The molecule has 1 heterocycles. The highest BCUT2D eigenvalue weighted by molar-refractivity contribution is 5.46. The molecule has 2 aliphatic carbocycles. The van der Waals surface area contributed by atoms with Crippen LogP contribution in [0.1, 0.15) is 91.4 Å². The summed E-state index contributed by atoms with van der Waals surface area (Å²) in [5, 5.41) is 0. The van der Waals surface area contributed by atoms with Crippen LogP contribution in [0.2, 0.25) is 0 Å². The van der Waals surface area contributed by atoms with Gasteiger partial charge in [-0.1, -0.05) is 58.6 Å². The normalized spacial score (nSPS) is 23.9. The van der Waals surface area contributed by atoms with Crippen molar-refractivity contribution in [3.05, 3.63) is 46.3 Å². The molecule has 0 aromatic rings. The van der Waals surface area contributed by atoms with Gasteiger partial charge in [-0.15, -0.1) is 0 Å². The van der Waals surface area contributed by atoms with Crippen LogP contribution in [0.5, 0.6) is 0 Å². The number of allylic oxidation sites excluding steroid dienone is 7. The Hall–Kier alpha value is -1.46. The lowest BCUT2D eigenvalue weighted by Gasteiger charge is -2.29. The van der Waals surface area contributed by atoms with Crippen molar-refractivity contribution in [1.29, 1.82) is 0 Å². The second-order valence-corrected chi connectivity index (χ2v) is 8.97. The van der Waals surface area contributed by atoms with Crippen LogP contribution in [-0.4, -0.2) is 26.6 Å². The van der Waals surface area contributed by atoms with E-state index in [0.29, 0.717) is 37.4 Å². The van der Waals surface area contributed by atoms with Crippen molar-refractivity contribution in [2.24, 2.45) is 5.92 Å². The fraction of sp³-hybridized carbons (Fsp3) is 0.704. The lowest BCUT2D eigenvalue weighted by atomic mass is 9.88. The number of halogens is 2. The fourth-order valence-electron chi connectivity index (χ4n) is 4.28. The summed E-state index contributed by atoms with van der Waals surface area (Å²) in [5.41, 5.74) is 2.53. The van der Waals surface area contributed by atoms with Crippen LogP contribution in [0.25, 0.3) is 0 Å². The molecule has 0 bridgehead atoms. The monoisotopic (exact) mass is 452 g/mol. The van der Waals surface area contributed by atoms with Crippen molar-refractivity contribution in [3.63, 3.8) is 0 Å². The number of unbranched alkanes of at least 4 members (excludes halogenated alkanes) is 2. The molecule has 2 unspecified atom stereocenters. The van der Waals surface area contributed by atoms with E-state index in [1.165, 1.54) is 51.2 Å². The van der Waals surface area contributed by atoms with Crippen molar-refractivity contribution in [1.82, 2.24) is 0 Å². The summed E-state index contributed by atoms with van der Waals surface area (Å²) in [6.07, 6.45) is 14.7. The molecule has 32 heavy (non-hydrogen) atoms. The molecular weight excluding hydrogens is 410 g/mol. The zero-order valence-electron chi connectivity index (χ0n) is 20.5. The maximum atomic E-state index is 14.3. The van der Waals surface area contributed by atoms with Crippen LogP contribution in [0.3, 0.4) is 0 Å². The predicted octanol–water partition coefficient (Wildman–Crippen LogP) is 8.24. The van der Waals surface area contributed by atoms with Gasteiger partial charge in [-0.25, -0.2) is 8.78 Å². The molecule has 3 aliphatic rings. The van der Waals surface area contributed by atoms with Gasteiger partial charge in [0.2, 0.25) is 0 Å². The summed E-state index contributed by atoms with van der Waals surface area (Å²) >= 11 is 0. The van der Waals surface area contributed by atoms with E-state index in [1.807, 2.05) is 12.2 Å². The van der Waals surface area contributed by atoms with Crippen molar-refractivity contribution in [2.75, 3.05) is 20.3 Å². The molecule has 0 amide bonds. The van der Waals surface area contributed by atoms with Gasteiger partial charge in [0.05, 0.1) is 20.3 Å². The molecule has 1 saturated heterocycles. The zero-order valence-corrected chi connectivity index (χ0v) is 20.5. The van der Waals surface area contributed by atoms with Crippen molar-refractivity contribution < 1.29 is 23.0 Å². The molecule has 1 fully saturated rings. The Morgan fingerprint density at radius 2 is 1.75 bits per heavy atom. The first-order valence-electron chi connectivity index (χ1n) is 12.5. The van der Waals surface area contributed by atoms with Crippen LogP contribution in [0.4, 0.5) is 8.78 Å². The highest BCUT2D eigenvalue weighted by Crippen LogP contribution is 2.38. The molecule has 0 radical (unpaired) electrons. The molecule has 5 heteroatoms. The van der Waals surface area contributed by atoms with E-state index >= 15 is 0 Å². The lowest BCUT2D eigenvalue weighted by molar-refractivity contribution is -0.171. The number of hydrogen-bond acceptors (Lipinski definition) is 3. The van der Waals surface area contributed by atoms with E-state index in [2.05, 4.69) is 20.8 Å². The smallest absolute Gasteiger partial charge is 0.196 e. The first kappa shape index (κ1) is 26.8. The molecule has 182 valence electrons. The molecule has 0 saturated carbocycles. The molecular formula is C27H42F2O3. The minimum absolute atomic E-state index is 0.104. The van der Waals surface area contributed by atoms with E-state index < -0.39 is 11.7 Å². The number of hydrogen-bond donors (Lipinski definition) is 0. The Morgan fingerprint density at radius 3 is 2.34 bits per heavy atom. The summed E-state index contributed by atoms with van der Waals surface area (Å²) < 4.78 is 45.1. The van der Waals surface area contributed by atoms with Gasteiger partial charge in [0.25, 0.3) is 0 Å². The molecule has 3 rings (SSSR count). The SMILES string of the molecule is CCC.CCCCCC1CCC(OCC2=CC=C(C3=C(F)C(F)=C(OC)CC3)CC2)OC1. The summed E-state index contributed by atoms with van der Waals surface area (Å²) in [4.78, 5) is 0. The quantitative estimate of drug-likeness (QED) is 0.330. The van der Waals surface area contributed by atoms with Gasteiger partial charge in [0.1, 0.15) is 5.76 Å². The predicted molar refractivity (Wildman–Crippen MR) is 126 cm³/mol. The molecule has 0 N–H and O–H groups in total. The Labute approximate surface area is 193 Å². The minimum atomic E-state index is -0.852. The summed E-state index contributed by atoms with van der Waals surface area (Å²) in [6, 6.07) is 0. The highest BCUT2D eigenvalue weighted by atomic mass is 19.2. The molecule has 3 nitrogen and oxygen atoms in total. The van der Waals surface area contributed by atoms with Crippen LogP contribution in [0.15, 0.2) is 46.3 Å². The summed E-state index contributed by atoms with van der Waals surface area (Å²) in [6.45, 7) is 7.82. The topological polar surface area (TPSA) is 27.7 Å². The minimum Gasteiger partial charge on any atom is -0.498 e. The number of rotatable bonds is 9. The van der Waals surface area contributed by atoms with Crippen LogP contribution in [0, 0.1) is 5.92 Å². The van der Waals surface area contributed by atoms with Gasteiger partial charge in [0, 0.05) is 6.42 Å². The standard InChI is InChI=1S/C24H34F2O3.C3H8/c1-3-4-5-6-17-9-14-22(28-15-17)29-16-18-7-10-19(11-8-18)20-12-13-21(27-2)24(26)23(20)25;1-3-2/h7,10,17,22H,3-6,8-9,11-16H2,1-2H3;3H2,1-2H3. The first-order valence-corrected chi connectivity index (χ1v) is 12.5. The van der Waals surface area contributed by atoms with E-state index in [1.54, 1.807) is 0 Å². The number of methoxy groups -OCH3 is 1. The molecule has 0 aromatic heterocycles. The fourth-order valence-corrected chi connectivity index (χ4v) is 4.28. The molecule has 0 aromatic carbocycles. The van der Waals surface area contributed by atoms with Crippen molar-refractivity contribution in [3.8, 4) is 0 Å². The van der Waals surface area contributed by atoms with E-state index in [4.69, 9.17) is 14.2 Å². The van der Waals surface area contributed by atoms with Crippen molar-refractivity contribution >= 4 is 0 Å². The van der Waals surface area contributed by atoms with E-state index in [-0.39, 0.29) is 12.0 Å². The Morgan fingerprint density at radius 1 is 0.969 bits per heavy atom. The average Bonchev–Trinajstić information content (AvgIpc) is 2.81. The van der Waals surface area contributed by atoms with Crippen LogP contribution < -0.4 is 0 Å². The molecule has 1 aliphatic heterocycles. The van der Waals surface area contributed by atoms with E-state index in [9.17, 15) is 8.78 Å². The van der Waals surface area contributed by atoms with Gasteiger partial charge in [-0.3, -0.25) is 0 Å². The molecule has 0 spiro atoms. The lowest BCUT2D eigenvalue weighted by Crippen LogP contribution is -2.28. The second kappa shape index (κ2) is 14.6. The third kappa shape index (κ3) is 8.15. The maximum absolute atomic E-state index is 14.3. The van der Waals surface area contributed by atoms with Gasteiger partial charge >= 0.3 is 0 Å². The Bertz CT molecular complexity index is 698. The second-order valence-electron chi connectivity index (χ2n) is 8.97. The van der Waals surface area contributed by atoms with Gasteiger partial charge in [0.15, 0.2) is 17.9 Å². The Kier molecular flexibility index (Phi) is 12.3. The Balaban J connectivity index is 0.00000114. The van der Waals surface area contributed by atoms with Gasteiger partial charge in [-0.05, 0) is 61.2 Å². The highest BCUT2D eigenvalue weighted by Gasteiger charge is 2.26. The van der Waals surface area contributed by atoms with Crippen molar-refractivity contribution in [2.45, 2.75) is 97.7 Å². The van der Waals surface area contributed by atoms with Gasteiger partial charge < -0.3 is 14.2 Å².